The number of pyridine rings is 1. The van der Waals surface area contributed by atoms with Gasteiger partial charge in [-0.2, -0.15) is 0 Å². The first-order valence-electron chi connectivity index (χ1n) is 6.86. The fourth-order valence-electron chi connectivity index (χ4n) is 2.80. The molecule has 0 bridgehead atoms. The van der Waals surface area contributed by atoms with Crippen LogP contribution in [0.15, 0.2) is 18.3 Å². The molecule has 0 spiro atoms. The standard InChI is InChI=1S/C14H22N4O/c15-8-13-11(4-3-7-17-13)9-18(10-14(16)19)12-5-1-2-6-12/h3-4,7,12H,1-2,5-6,8-10,15H2,(H2,16,19). The molecule has 1 amide bonds. The summed E-state index contributed by atoms with van der Waals surface area (Å²) in [6.07, 6.45) is 6.50. The van der Waals surface area contributed by atoms with Gasteiger partial charge in [0.2, 0.25) is 5.91 Å². The van der Waals surface area contributed by atoms with Crippen LogP contribution in [-0.2, 0) is 17.9 Å². The summed E-state index contributed by atoms with van der Waals surface area (Å²) in [4.78, 5) is 17.7. The smallest absolute Gasteiger partial charge is 0.231 e. The van der Waals surface area contributed by atoms with E-state index in [1.54, 1.807) is 6.20 Å². The highest BCUT2D eigenvalue weighted by atomic mass is 16.1. The summed E-state index contributed by atoms with van der Waals surface area (Å²) in [7, 11) is 0. The minimum atomic E-state index is -0.273. The lowest BCUT2D eigenvalue weighted by Gasteiger charge is -2.28. The molecular formula is C14H22N4O. The minimum Gasteiger partial charge on any atom is -0.369 e. The number of hydrogen-bond donors (Lipinski definition) is 2. The number of nitrogens with two attached hydrogens (primary N) is 2. The summed E-state index contributed by atoms with van der Waals surface area (Å²) >= 11 is 0. The third-order valence-electron chi connectivity index (χ3n) is 3.75. The third-order valence-corrected chi connectivity index (χ3v) is 3.75. The van der Waals surface area contributed by atoms with Crippen molar-refractivity contribution in [1.29, 1.82) is 0 Å². The van der Waals surface area contributed by atoms with E-state index in [1.165, 1.54) is 12.8 Å². The Bertz CT molecular complexity index is 429. The summed E-state index contributed by atoms with van der Waals surface area (Å²) in [6.45, 7) is 1.43. The largest absolute Gasteiger partial charge is 0.369 e. The maximum absolute atomic E-state index is 11.3. The van der Waals surface area contributed by atoms with Gasteiger partial charge in [-0.25, -0.2) is 0 Å². The van der Waals surface area contributed by atoms with Crippen LogP contribution in [0.5, 0.6) is 0 Å². The maximum Gasteiger partial charge on any atom is 0.231 e. The fraction of sp³-hybridized carbons (Fsp3) is 0.571. The van der Waals surface area contributed by atoms with Crippen LogP contribution in [0.3, 0.4) is 0 Å². The Labute approximate surface area is 114 Å². The highest BCUT2D eigenvalue weighted by molar-refractivity contribution is 5.76. The molecule has 104 valence electrons. The van der Waals surface area contributed by atoms with E-state index in [9.17, 15) is 4.79 Å². The molecule has 1 aliphatic carbocycles. The molecule has 0 unspecified atom stereocenters. The highest BCUT2D eigenvalue weighted by Crippen LogP contribution is 2.25. The van der Waals surface area contributed by atoms with Crippen molar-refractivity contribution < 1.29 is 4.79 Å². The topological polar surface area (TPSA) is 85.2 Å². The van der Waals surface area contributed by atoms with Crippen molar-refractivity contribution in [2.45, 2.75) is 44.8 Å². The van der Waals surface area contributed by atoms with Crippen molar-refractivity contribution >= 4 is 5.91 Å². The number of rotatable bonds is 6. The Morgan fingerprint density at radius 2 is 2.16 bits per heavy atom. The maximum atomic E-state index is 11.3. The molecule has 0 radical (unpaired) electrons. The molecule has 1 heterocycles. The van der Waals surface area contributed by atoms with E-state index in [4.69, 9.17) is 11.5 Å². The van der Waals surface area contributed by atoms with Crippen LogP contribution in [0.2, 0.25) is 0 Å². The van der Waals surface area contributed by atoms with Gasteiger partial charge in [0, 0.05) is 25.3 Å². The van der Waals surface area contributed by atoms with E-state index in [0.717, 1.165) is 24.1 Å². The van der Waals surface area contributed by atoms with Gasteiger partial charge in [-0.15, -0.1) is 0 Å². The van der Waals surface area contributed by atoms with Gasteiger partial charge >= 0.3 is 0 Å². The molecule has 5 nitrogen and oxygen atoms in total. The van der Waals surface area contributed by atoms with Crippen LogP contribution < -0.4 is 11.5 Å². The number of amides is 1. The molecule has 1 saturated carbocycles. The number of carbonyl (C=O) groups excluding carboxylic acids is 1. The van der Waals surface area contributed by atoms with Crippen molar-refractivity contribution in [3.05, 3.63) is 29.6 Å². The zero-order valence-electron chi connectivity index (χ0n) is 11.2. The van der Waals surface area contributed by atoms with Gasteiger partial charge < -0.3 is 11.5 Å². The van der Waals surface area contributed by atoms with Gasteiger partial charge in [-0.1, -0.05) is 18.9 Å². The van der Waals surface area contributed by atoms with Gasteiger partial charge in [0.05, 0.1) is 12.2 Å². The molecule has 5 heteroatoms. The van der Waals surface area contributed by atoms with Crippen LogP contribution in [0.25, 0.3) is 0 Å². The van der Waals surface area contributed by atoms with E-state index < -0.39 is 0 Å². The predicted molar refractivity (Wildman–Crippen MR) is 74.0 cm³/mol. The lowest BCUT2D eigenvalue weighted by molar-refractivity contribution is -0.119. The van der Waals surface area contributed by atoms with Gasteiger partial charge in [0.15, 0.2) is 0 Å². The minimum absolute atomic E-state index is 0.273. The number of nitrogens with zero attached hydrogens (tertiary/aromatic N) is 2. The Balaban J connectivity index is 2.12. The van der Waals surface area contributed by atoms with Crippen molar-refractivity contribution in [2.24, 2.45) is 11.5 Å². The van der Waals surface area contributed by atoms with Gasteiger partial charge in [-0.05, 0) is 24.5 Å². The van der Waals surface area contributed by atoms with Crippen LogP contribution >= 0.6 is 0 Å². The second kappa shape index (κ2) is 6.63. The first kappa shape index (κ1) is 14.0. The number of hydrogen-bond acceptors (Lipinski definition) is 4. The normalized spacial score (nSPS) is 16.1. The summed E-state index contributed by atoms with van der Waals surface area (Å²) in [5.41, 5.74) is 13.1. The highest BCUT2D eigenvalue weighted by Gasteiger charge is 2.24. The number of carbonyl (C=O) groups is 1. The second-order valence-corrected chi connectivity index (χ2v) is 5.12. The molecule has 0 aromatic carbocycles. The second-order valence-electron chi connectivity index (χ2n) is 5.12. The molecule has 4 N–H and O–H groups in total. The van der Waals surface area contributed by atoms with Crippen LogP contribution in [0.4, 0.5) is 0 Å². The van der Waals surface area contributed by atoms with Crippen molar-refractivity contribution in [3.8, 4) is 0 Å². The molecule has 0 saturated heterocycles. The van der Waals surface area contributed by atoms with Crippen molar-refractivity contribution in [2.75, 3.05) is 6.54 Å². The first-order chi connectivity index (χ1) is 9.20. The Morgan fingerprint density at radius 1 is 1.42 bits per heavy atom. The van der Waals surface area contributed by atoms with Gasteiger partial charge in [-0.3, -0.25) is 14.7 Å². The summed E-state index contributed by atoms with van der Waals surface area (Å²) in [5.74, 6) is -0.273. The number of primary amides is 1. The molecular weight excluding hydrogens is 240 g/mol. The number of aromatic nitrogens is 1. The van der Waals surface area contributed by atoms with Crippen LogP contribution in [0.1, 0.15) is 36.9 Å². The first-order valence-corrected chi connectivity index (χ1v) is 6.86. The van der Waals surface area contributed by atoms with Crippen molar-refractivity contribution in [3.63, 3.8) is 0 Å². The Morgan fingerprint density at radius 3 is 2.79 bits per heavy atom. The van der Waals surface area contributed by atoms with E-state index in [2.05, 4.69) is 9.88 Å². The van der Waals surface area contributed by atoms with Gasteiger partial charge in [0.25, 0.3) is 0 Å². The zero-order chi connectivity index (χ0) is 13.7. The van der Waals surface area contributed by atoms with Crippen LogP contribution in [0, 0.1) is 0 Å². The molecule has 19 heavy (non-hydrogen) atoms. The fourth-order valence-corrected chi connectivity index (χ4v) is 2.80. The van der Waals surface area contributed by atoms with E-state index in [-0.39, 0.29) is 5.91 Å². The molecule has 1 fully saturated rings. The van der Waals surface area contributed by atoms with Crippen LogP contribution in [-0.4, -0.2) is 28.4 Å². The average molecular weight is 262 g/mol. The molecule has 1 aromatic rings. The zero-order valence-corrected chi connectivity index (χ0v) is 11.2. The van der Waals surface area contributed by atoms with Gasteiger partial charge in [0.1, 0.15) is 0 Å². The quantitative estimate of drug-likeness (QED) is 0.793. The third kappa shape index (κ3) is 3.75. The SMILES string of the molecule is NCc1ncccc1CN(CC(N)=O)C1CCCC1. The van der Waals surface area contributed by atoms with E-state index in [0.29, 0.717) is 25.7 Å². The Hall–Kier alpha value is -1.46. The lowest BCUT2D eigenvalue weighted by Crippen LogP contribution is -2.39. The van der Waals surface area contributed by atoms with Crippen molar-refractivity contribution in [1.82, 2.24) is 9.88 Å². The average Bonchev–Trinajstić information content (AvgIpc) is 2.92. The predicted octanol–water partition coefficient (Wildman–Crippen LogP) is 0.770. The molecule has 1 aliphatic rings. The molecule has 0 aliphatic heterocycles. The summed E-state index contributed by atoms with van der Waals surface area (Å²) in [5, 5.41) is 0. The summed E-state index contributed by atoms with van der Waals surface area (Å²) in [6, 6.07) is 4.39. The monoisotopic (exact) mass is 262 g/mol. The van der Waals surface area contributed by atoms with E-state index in [1.807, 2.05) is 12.1 Å². The Kier molecular flexibility index (Phi) is 4.87. The molecule has 1 aromatic heterocycles. The molecule has 0 atom stereocenters. The lowest BCUT2D eigenvalue weighted by atomic mass is 10.1. The van der Waals surface area contributed by atoms with E-state index >= 15 is 0 Å². The molecule has 2 rings (SSSR count). The summed E-state index contributed by atoms with van der Waals surface area (Å²) < 4.78 is 0.